The molecule has 0 radical (unpaired) electrons. The Morgan fingerprint density at radius 2 is 1.75 bits per heavy atom. The van der Waals surface area contributed by atoms with Crippen molar-refractivity contribution in [1.29, 1.82) is 0 Å². The van der Waals surface area contributed by atoms with Crippen LogP contribution in [0.2, 0.25) is 0 Å². The number of hydrogen-bond donors (Lipinski definition) is 2. The molecule has 1 aromatic carbocycles. The van der Waals surface area contributed by atoms with Crippen molar-refractivity contribution >= 4 is 5.96 Å². The molecule has 1 aliphatic heterocycles. The second-order valence-electron chi connectivity index (χ2n) is 6.61. The number of nitrogens with zero attached hydrogens (tertiary/aromatic N) is 3. The normalized spacial score (nSPS) is 15.3. The smallest absolute Gasteiger partial charge is 0.218 e. The molecular formula is C21H29N5O2. The minimum absolute atomic E-state index is 0.589. The predicted molar refractivity (Wildman–Crippen MR) is 110 cm³/mol. The summed E-state index contributed by atoms with van der Waals surface area (Å²) in [7, 11) is 3.40. The molecule has 1 fully saturated rings. The lowest BCUT2D eigenvalue weighted by Gasteiger charge is -2.27. The molecule has 1 saturated heterocycles. The number of morpholine rings is 1. The first-order valence-electron chi connectivity index (χ1n) is 9.59. The van der Waals surface area contributed by atoms with Crippen molar-refractivity contribution in [2.75, 3.05) is 40.5 Å². The fourth-order valence-electron chi connectivity index (χ4n) is 3.21. The Morgan fingerprint density at radius 3 is 2.46 bits per heavy atom. The van der Waals surface area contributed by atoms with E-state index in [1.165, 1.54) is 11.1 Å². The quantitative estimate of drug-likeness (QED) is 0.561. The summed E-state index contributed by atoms with van der Waals surface area (Å²) < 4.78 is 10.8. The molecule has 150 valence electrons. The van der Waals surface area contributed by atoms with Gasteiger partial charge in [0.25, 0.3) is 0 Å². The van der Waals surface area contributed by atoms with Gasteiger partial charge in [-0.1, -0.05) is 30.3 Å². The van der Waals surface area contributed by atoms with Crippen molar-refractivity contribution in [3.8, 4) is 5.88 Å². The fraction of sp³-hybridized carbons (Fsp3) is 0.429. The van der Waals surface area contributed by atoms with E-state index in [9.17, 15) is 0 Å². The lowest BCUT2D eigenvalue weighted by atomic mass is 10.1. The van der Waals surface area contributed by atoms with E-state index in [0.29, 0.717) is 19.0 Å². The summed E-state index contributed by atoms with van der Waals surface area (Å²) in [6.07, 6.45) is 1.72. The Kier molecular flexibility index (Phi) is 7.63. The summed E-state index contributed by atoms with van der Waals surface area (Å²) in [5.74, 6) is 1.37. The number of aliphatic imine (C=N–C) groups is 1. The molecule has 0 unspecified atom stereocenters. The fourth-order valence-corrected chi connectivity index (χ4v) is 3.21. The van der Waals surface area contributed by atoms with E-state index in [1.54, 1.807) is 20.4 Å². The third kappa shape index (κ3) is 5.68. The van der Waals surface area contributed by atoms with Crippen LogP contribution in [0.4, 0.5) is 0 Å². The van der Waals surface area contributed by atoms with Gasteiger partial charge in [0.1, 0.15) is 0 Å². The zero-order chi connectivity index (χ0) is 19.6. The topological polar surface area (TPSA) is 71.0 Å². The molecule has 28 heavy (non-hydrogen) atoms. The molecule has 3 rings (SSSR count). The van der Waals surface area contributed by atoms with Gasteiger partial charge in [-0.05, 0) is 17.2 Å². The van der Waals surface area contributed by atoms with E-state index in [2.05, 4.69) is 49.8 Å². The zero-order valence-corrected chi connectivity index (χ0v) is 16.6. The molecule has 7 nitrogen and oxygen atoms in total. The number of pyridine rings is 1. The summed E-state index contributed by atoms with van der Waals surface area (Å²) in [6.45, 7) is 5.84. The Hall–Kier alpha value is -2.64. The van der Waals surface area contributed by atoms with Crippen LogP contribution in [0.15, 0.2) is 47.6 Å². The van der Waals surface area contributed by atoms with Gasteiger partial charge in [0, 0.05) is 51.5 Å². The minimum Gasteiger partial charge on any atom is -0.481 e. The Morgan fingerprint density at radius 1 is 1.07 bits per heavy atom. The maximum Gasteiger partial charge on any atom is 0.218 e. The Bertz CT molecular complexity index is 775. The van der Waals surface area contributed by atoms with Crippen molar-refractivity contribution in [3.05, 3.63) is 59.3 Å². The van der Waals surface area contributed by atoms with Gasteiger partial charge in [-0.3, -0.25) is 9.89 Å². The molecule has 1 aromatic heterocycles. The maximum absolute atomic E-state index is 5.45. The number of benzene rings is 1. The molecular weight excluding hydrogens is 354 g/mol. The van der Waals surface area contributed by atoms with Gasteiger partial charge in [0.15, 0.2) is 5.96 Å². The summed E-state index contributed by atoms with van der Waals surface area (Å²) in [5, 5.41) is 6.73. The average Bonchev–Trinajstić information content (AvgIpc) is 2.76. The monoisotopic (exact) mass is 383 g/mol. The summed E-state index contributed by atoms with van der Waals surface area (Å²) in [6, 6.07) is 12.4. The molecule has 2 aromatic rings. The van der Waals surface area contributed by atoms with Crippen LogP contribution in [-0.2, 0) is 24.4 Å². The maximum atomic E-state index is 5.45. The Balaban J connectivity index is 1.56. The summed E-state index contributed by atoms with van der Waals surface area (Å²) >= 11 is 0. The molecule has 0 amide bonds. The van der Waals surface area contributed by atoms with Crippen molar-refractivity contribution in [3.63, 3.8) is 0 Å². The lowest BCUT2D eigenvalue weighted by Crippen LogP contribution is -2.37. The van der Waals surface area contributed by atoms with Gasteiger partial charge >= 0.3 is 0 Å². The molecule has 0 aliphatic carbocycles. The first-order chi connectivity index (χ1) is 13.8. The van der Waals surface area contributed by atoms with Gasteiger partial charge in [-0.15, -0.1) is 0 Å². The number of ether oxygens (including phenoxy) is 2. The molecule has 0 atom stereocenters. The number of nitrogens with one attached hydrogen (secondary N) is 2. The number of methoxy groups -OCH3 is 1. The highest BCUT2D eigenvalue weighted by atomic mass is 16.5. The molecule has 0 saturated carbocycles. The van der Waals surface area contributed by atoms with Gasteiger partial charge in [-0.25, -0.2) is 4.98 Å². The van der Waals surface area contributed by atoms with E-state index in [1.807, 2.05) is 12.1 Å². The van der Waals surface area contributed by atoms with E-state index < -0.39 is 0 Å². The van der Waals surface area contributed by atoms with Crippen LogP contribution in [0.1, 0.15) is 16.7 Å². The van der Waals surface area contributed by atoms with Crippen LogP contribution in [-0.4, -0.2) is 56.3 Å². The second kappa shape index (κ2) is 10.6. The number of guanidine groups is 1. The summed E-state index contributed by atoms with van der Waals surface area (Å²) in [4.78, 5) is 11.0. The van der Waals surface area contributed by atoms with Crippen molar-refractivity contribution in [2.24, 2.45) is 4.99 Å². The van der Waals surface area contributed by atoms with E-state index in [-0.39, 0.29) is 0 Å². The van der Waals surface area contributed by atoms with E-state index >= 15 is 0 Å². The molecule has 1 aliphatic rings. The van der Waals surface area contributed by atoms with Crippen LogP contribution in [0, 0.1) is 0 Å². The van der Waals surface area contributed by atoms with Crippen LogP contribution in [0.5, 0.6) is 5.88 Å². The highest BCUT2D eigenvalue weighted by molar-refractivity contribution is 5.79. The first kappa shape index (κ1) is 20.1. The molecule has 0 bridgehead atoms. The SMILES string of the molecule is CN=C(NCc1ccccc1CN1CCOCC1)NCc1cccnc1OC. The minimum atomic E-state index is 0.589. The molecule has 0 spiro atoms. The highest BCUT2D eigenvalue weighted by Gasteiger charge is 2.13. The van der Waals surface area contributed by atoms with Crippen molar-refractivity contribution in [2.45, 2.75) is 19.6 Å². The third-order valence-corrected chi connectivity index (χ3v) is 4.78. The van der Waals surface area contributed by atoms with E-state index in [4.69, 9.17) is 9.47 Å². The van der Waals surface area contributed by atoms with Crippen LogP contribution in [0.3, 0.4) is 0 Å². The van der Waals surface area contributed by atoms with Gasteiger partial charge in [0.2, 0.25) is 5.88 Å². The predicted octanol–water partition coefficient (Wildman–Crippen LogP) is 1.79. The summed E-state index contributed by atoms with van der Waals surface area (Å²) in [5.41, 5.74) is 3.60. The van der Waals surface area contributed by atoms with Gasteiger partial charge in [-0.2, -0.15) is 0 Å². The highest BCUT2D eigenvalue weighted by Crippen LogP contribution is 2.14. The number of aromatic nitrogens is 1. The second-order valence-corrected chi connectivity index (χ2v) is 6.61. The Labute approximate surface area is 166 Å². The van der Waals surface area contributed by atoms with Crippen LogP contribution >= 0.6 is 0 Å². The zero-order valence-electron chi connectivity index (χ0n) is 16.6. The van der Waals surface area contributed by atoms with Gasteiger partial charge in [0.05, 0.1) is 20.3 Å². The molecule has 7 heteroatoms. The largest absolute Gasteiger partial charge is 0.481 e. The average molecular weight is 383 g/mol. The van der Waals surface area contributed by atoms with E-state index in [0.717, 1.165) is 44.4 Å². The number of hydrogen-bond acceptors (Lipinski definition) is 5. The molecule has 2 N–H and O–H groups in total. The third-order valence-electron chi connectivity index (χ3n) is 4.78. The van der Waals surface area contributed by atoms with Crippen molar-refractivity contribution in [1.82, 2.24) is 20.5 Å². The van der Waals surface area contributed by atoms with Gasteiger partial charge < -0.3 is 20.1 Å². The lowest BCUT2D eigenvalue weighted by molar-refractivity contribution is 0.0341. The molecule has 2 heterocycles. The van der Waals surface area contributed by atoms with Crippen LogP contribution < -0.4 is 15.4 Å². The standard InChI is InChI=1S/C21H29N5O2/c1-22-21(25-15-18-8-5-9-23-20(18)27-2)24-14-17-6-3-4-7-19(17)16-26-10-12-28-13-11-26/h3-9H,10-16H2,1-2H3,(H2,22,24,25). The first-order valence-corrected chi connectivity index (χ1v) is 9.59. The number of rotatable bonds is 7. The van der Waals surface area contributed by atoms with Crippen molar-refractivity contribution < 1.29 is 9.47 Å². The van der Waals surface area contributed by atoms with Crippen LogP contribution in [0.25, 0.3) is 0 Å².